The van der Waals surface area contributed by atoms with Crippen molar-refractivity contribution in [1.82, 2.24) is 14.9 Å². The second-order valence-electron chi connectivity index (χ2n) is 8.30. The number of aromatic nitrogens is 2. The van der Waals surface area contributed by atoms with E-state index in [0.717, 1.165) is 57.7 Å². The molecule has 3 aliphatic rings. The molecule has 6 rings (SSSR count). The Hall–Kier alpha value is -3.17. The fourth-order valence-electron chi connectivity index (χ4n) is 4.01. The Morgan fingerprint density at radius 3 is 2.45 bits per heavy atom. The highest BCUT2D eigenvalue weighted by Gasteiger charge is 2.28. The van der Waals surface area contributed by atoms with E-state index in [4.69, 9.17) is 33.7 Å². The third-order valence-corrected chi connectivity index (χ3v) is 6.78. The van der Waals surface area contributed by atoms with Gasteiger partial charge in [-0.2, -0.15) is 4.98 Å². The number of ether oxygens (including phenoxy) is 5. The maximum Gasteiger partial charge on any atom is 0.231 e. The largest absolute Gasteiger partial charge is 0.454 e. The summed E-state index contributed by atoms with van der Waals surface area (Å²) in [6.07, 6.45) is 1.74. The van der Waals surface area contributed by atoms with Crippen molar-refractivity contribution in [2.45, 2.75) is 17.9 Å². The summed E-state index contributed by atoms with van der Waals surface area (Å²) in [5, 5.41) is 0.940. The summed E-state index contributed by atoms with van der Waals surface area (Å²) >= 11 is 1.74. The summed E-state index contributed by atoms with van der Waals surface area (Å²) < 4.78 is 28.4. The van der Waals surface area contributed by atoms with Gasteiger partial charge in [0, 0.05) is 29.4 Å². The van der Waals surface area contributed by atoms with Crippen molar-refractivity contribution in [3.8, 4) is 46.0 Å². The van der Waals surface area contributed by atoms with E-state index in [-0.39, 0.29) is 13.6 Å². The first-order valence-electron chi connectivity index (χ1n) is 10.8. The van der Waals surface area contributed by atoms with Crippen LogP contribution in [0.4, 0.5) is 0 Å². The third kappa shape index (κ3) is 3.91. The molecule has 0 radical (unpaired) electrons. The SMILES string of the molecule is CN(C)CCCSc1nc(-c2ccc3c(c2)OCO3)nc2c1Cc1cc3c(cc1O2)OCO3. The first-order chi connectivity index (χ1) is 16.1. The highest BCUT2D eigenvalue weighted by atomic mass is 32.2. The second kappa shape index (κ2) is 8.31. The molecule has 3 aliphatic heterocycles. The van der Waals surface area contributed by atoms with E-state index in [0.29, 0.717) is 29.6 Å². The van der Waals surface area contributed by atoms with Gasteiger partial charge in [0.2, 0.25) is 19.5 Å². The molecule has 2 aromatic carbocycles. The zero-order chi connectivity index (χ0) is 22.4. The van der Waals surface area contributed by atoms with Gasteiger partial charge in [0.05, 0.1) is 5.56 Å². The quantitative estimate of drug-likeness (QED) is 0.235. The highest BCUT2D eigenvalue weighted by Crippen LogP contribution is 2.46. The Morgan fingerprint density at radius 1 is 0.879 bits per heavy atom. The highest BCUT2D eigenvalue weighted by molar-refractivity contribution is 7.99. The molecule has 170 valence electrons. The Labute approximate surface area is 195 Å². The lowest BCUT2D eigenvalue weighted by Gasteiger charge is -2.22. The van der Waals surface area contributed by atoms with Gasteiger partial charge < -0.3 is 28.6 Å². The summed E-state index contributed by atoms with van der Waals surface area (Å²) in [7, 11) is 4.17. The number of rotatable bonds is 6. The number of hydrogen-bond donors (Lipinski definition) is 0. The minimum atomic E-state index is 0.228. The van der Waals surface area contributed by atoms with E-state index in [9.17, 15) is 0 Å². The van der Waals surface area contributed by atoms with Crippen molar-refractivity contribution in [2.75, 3.05) is 40.0 Å². The standard InChI is InChI=1S/C24H23N3O5S/c1-27(2)6-3-7-33-24-16-8-15-10-20-21(31-13-30-20)11-18(15)32-23(16)25-22(26-24)14-4-5-17-19(9-14)29-12-28-17/h4-5,9-11H,3,6-8,12-13H2,1-2H3. The van der Waals surface area contributed by atoms with E-state index in [2.05, 4.69) is 19.0 Å². The molecule has 0 bridgehead atoms. The first-order valence-corrected chi connectivity index (χ1v) is 11.8. The van der Waals surface area contributed by atoms with E-state index in [1.165, 1.54) is 0 Å². The fraction of sp³-hybridized carbons (Fsp3) is 0.333. The Morgan fingerprint density at radius 2 is 1.64 bits per heavy atom. The predicted octanol–water partition coefficient (Wildman–Crippen LogP) is 4.34. The van der Waals surface area contributed by atoms with E-state index in [1.54, 1.807) is 11.8 Å². The van der Waals surface area contributed by atoms with Gasteiger partial charge in [-0.15, -0.1) is 11.8 Å². The Bertz CT molecular complexity index is 1230. The minimum Gasteiger partial charge on any atom is -0.454 e. The van der Waals surface area contributed by atoms with E-state index >= 15 is 0 Å². The fourth-order valence-corrected chi connectivity index (χ4v) is 4.96. The van der Waals surface area contributed by atoms with Crippen LogP contribution in [0.3, 0.4) is 0 Å². The van der Waals surface area contributed by atoms with Crippen molar-refractivity contribution < 1.29 is 23.7 Å². The van der Waals surface area contributed by atoms with E-state index in [1.807, 2.05) is 30.3 Å². The molecule has 0 spiro atoms. The van der Waals surface area contributed by atoms with Crippen LogP contribution < -0.4 is 23.7 Å². The molecule has 0 unspecified atom stereocenters. The van der Waals surface area contributed by atoms with Crippen LogP contribution in [0.25, 0.3) is 11.4 Å². The molecule has 0 saturated carbocycles. The van der Waals surface area contributed by atoms with Gasteiger partial charge in [-0.25, -0.2) is 4.98 Å². The molecule has 0 N–H and O–H groups in total. The number of thioether (sulfide) groups is 1. The monoisotopic (exact) mass is 465 g/mol. The van der Waals surface area contributed by atoms with Crippen molar-refractivity contribution in [3.05, 3.63) is 41.5 Å². The smallest absolute Gasteiger partial charge is 0.231 e. The minimum absolute atomic E-state index is 0.228. The summed E-state index contributed by atoms with van der Waals surface area (Å²) in [6.45, 7) is 1.48. The number of hydrogen-bond acceptors (Lipinski definition) is 9. The Balaban J connectivity index is 1.37. The van der Waals surface area contributed by atoms with Gasteiger partial charge >= 0.3 is 0 Å². The van der Waals surface area contributed by atoms with E-state index < -0.39 is 0 Å². The lowest BCUT2D eigenvalue weighted by molar-refractivity contribution is 0.173. The van der Waals surface area contributed by atoms with Crippen molar-refractivity contribution in [3.63, 3.8) is 0 Å². The molecule has 0 saturated heterocycles. The average Bonchev–Trinajstić information content (AvgIpc) is 3.47. The topological polar surface area (TPSA) is 75.2 Å². The van der Waals surface area contributed by atoms with Crippen LogP contribution in [0.5, 0.6) is 34.6 Å². The van der Waals surface area contributed by atoms with Crippen LogP contribution in [0.2, 0.25) is 0 Å². The number of nitrogens with zero attached hydrogens (tertiary/aromatic N) is 3. The third-order valence-electron chi connectivity index (χ3n) is 5.68. The van der Waals surface area contributed by atoms with Gasteiger partial charge in [0.15, 0.2) is 28.8 Å². The molecule has 9 heteroatoms. The lowest BCUT2D eigenvalue weighted by Crippen LogP contribution is -2.13. The molecular weight excluding hydrogens is 442 g/mol. The zero-order valence-corrected chi connectivity index (χ0v) is 19.2. The van der Waals surface area contributed by atoms with Crippen LogP contribution in [0.1, 0.15) is 17.5 Å². The molecule has 0 aliphatic carbocycles. The van der Waals surface area contributed by atoms with Gasteiger partial charge in [0.1, 0.15) is 10.8 Å². The van der Waals surface area contributed by atoms with Gasteiger partial charge in [-0.1, -0.05) is 0 Å². The van der Waals surface area contributed by atoms with Crippen molar-refractivity contribution in [2.24, 2.45) is 0 Å². The molecule has 4 heterocycles. The summed E-state index contributed by atoms with van der Waals surface area (Å²) in [6, 6.07) is 9.63. The summed E-state index contributed by atoms with van der Waals surface area (Å²) in [5.41, 5.74) is 2.90. The Kier molecular flexibility index (Phi) is 5.15. The van der Waals surface area contributed by atoms with Crippen molar-refractivity contribution in [1.29, 1.82) is 0 Å². The molecule has 3 aromatic rings. The molecule has 0 atom stereocenters. The van der Waals surface area contributed by atoms with Gasteiger partial charge in [-0.3, -0.25) is 0 Å². The maximum atomic E-state index is 6.28. The predicted molar refractivity (Wildman–Crippen MR) is 123 cm³/mol. The molecule has 33 heavy (non-hydrogen) atoms. The van der Waals surface area contributed by atoms with Crippen LogP contribution >= 0.6 is 11.8 Å². The van der Waals surface area contributed by atoms with Gasteiger partial charge in [0.25, 0.3) is 0 Å². The van der Waals surface area contributed by atoms with Crippen LogP contribution in [0, 0.1) is 0 Å². The number of benzene rings is 2. The molecular formula is C24H23N3O5S. The molecule has 0 amide bonds. The summed E-state index contributed by atoms with van der Waals surface area (Å²) in [5.74, 6) is 5.76. The van der Waals surface area contributed by atoms with Crippen LogP contribution in [0.15, 0.2) is 35.4 Å². The average molecular weight is 466 g/mol. The molecule has 8 nitrogen and oxygen atoms in total. The van der Waals surface area contributed by atoms with Gasteiger partial charge in [-0.05, 0) is 51.3 Å². The zero-order valence-electron chi connectivity index (χ0n) is 18.4. The lowest BCUT2D eigenvalue weighted by atomic mass is 10.0. The van der Waals surface area contributed by atoms with Crippen LogP contribution in [-0.4, -0.2) is 54.8 Å². The van der Waals surface area contributed by atoms with Crippen molar-refractivity contribution >= 4 is 11.8 Å². The first kappa shape index (κ1) is 20.4. The normalized spacial score (nSPS) is 14.8. The molecule has 0 fully saturated rings. The second-order valence-corrected chi connectivity index (χ2v) is 9.39. The molecule has 1 aromatic heterocycles. The number of fused-ring (bicyclic) bond motifs is 4. The maximum absolute atomic E-state index is 6.28. The van der Waals surface area contributed by atoms with Crippen LogP contribution in [-0.2, 0) is 6.42 Å². The summed E-state index contributed by atoms with van der Waals surface area (Å²) in [4.78, 5) is 11.9.